The predicted octanol–water partition coefficient (Wildman–Crippen LogP) is 1.90. The lowest BCUT2D eigenvalue weighted by Crippen LogP contribution is -2.36. The Hall–Kier alpha value is -2.45. The molecule has 0 atom stereocenters. The maximum Gasteiger partial charge on any atom is 0.405 e. The Bertz CT molecular complexity index is 530. The van der Waals surface area contributed by atoms with Crippen LogP contribution in [0.5, 0.6) is 0 Å². The number of halogens is 3. The number of alkyl halides is 3. The summed E-state index contributed by atoms with van der Waals surface area (Å²) in [6, 6.07) is 5.06. The fraction of sp³-hybridized carbons (Fsp3) is 0.333. The number of carbonyl (C=O) groups excluding carboxylic acids is 2. The van der Waals surface area contributed by atoms with E-state index in [9.17, 15) is 22.8 Å². The number of nitrogens with zero attached hydrogens (tertiary/aromatic N) is 1. The molecule has 1 aromatic carbocycles. The summed E-state index contributed by atoms with van der Waals surface area (Å²) in [6.45, 7) is -0.304. The van der Waals surface area contributed by atoms with E-state index < -0.39 is 18.8 Å². The van der Waals surface area contributed by atoms with Gasteiger partial charge in [0.2, 0.25) is 0 Å². The molecule has 6 nitrogen and oxygen atoms in total. The van der Waals surface area contributed by atoms with Gasteiger partial charge >= 0.3 is 18.2 Å². The van der Waals surface area contributed by atoms with Crippen molar-refractivity contribution in [2.75, 3.05) is 29.9 Å². The summed E-state index contributed by atoms with van der Waals surface area (Å²) in [5.74, 6) is 0. The largest absolute Gasteiger partial charge is 0.405 e. The minimum absolute atomic E-state index is 0.210. The van der Waals surface area contributed by atoms with Crippen LogP contribution in [0.4, 0.5) is 34.1 Å². The third kappa shape index (κ3) is 4.26. The van der Waals surface area contributed by atoms with Crippen LogP contribution in [0.1, 0.15) is 0 Å². The highest BCUT2D eigenvalue weighted by Crippen LogP contribution is 2.19. The second-order valence-electron chi connectivity index (χ2n) is 4.35. The summed E-state index contributed by atoms with van der Waals surface area (Å²) in [5.41, 5.74) is 0.976. The number of hydrogen-bond acceptors (Lipinski definition) is 2. The van der Waals surface area contributed by atoms with E-state index in [2.05, 4.69) is 10.6 Å². The summed E-state index contributed by atoms with van der Waals surface area (Å²) in [6.07, 6.45) is -4.45. The molecule has 1 heterocycles. The van der Waals surface area contributed by atoms with Gasteiger partial charge in [-0.05, 0) is 24.3 Å². The van der Waals surface area contributed by atoms with Crippen LogP contribution >= 0.6 is 0 Å². The minimum atomic E-state index is -4.45. The Kier molecular flexibility index (Phi) is 4.20. The highest BCUT2D eigenvalue weighted by molar-refractivity contribution is 5.94. The molecule has 0 bridgehead atoms. The van der Waals surface area contributed by atoms with Crippen molar-refractivity contribution >= 4 is 23.4 Å². The molecular formula is C12H13F3N4O2. The summed E-state index contributed by atoms with van der Waals surface area (Å²) >= 11 is 0. The normalized spacial score (nSPS) is 14.8. The lowest BCUT2D eigenvalue weighted by molar-refractivity contribution is -0.122. The van der Waals surface area contributed by atoms with Crippen molar-refractivity contribution in [1.29, 1.82) is 0 Å². The zero-order valence-electron chi connectivity index (χ0n) is 10.8. The second-order valence-corrected chi connectivity index (χ2v) is 4.35. The molecule has 1 aliphatic rings. The second kappa shape index (κ2) is 5.90. The van der Waals surface area contributed by atoms with Crippen molar-refractivity contribution in [2.45, 2.75) is 6.18 Å². The Morgan fingerprint density at radius 2 is 1.95 bits per heavy atom. The Morgan fingerprint density at radius 1 is 1.29 bits per heavy atom. The topological polar surface area (TPSA) is 73.5 Å². The number of urea groups is 2. The van der Waals surface area contributed by atoms with Crippen molar-refractivity contribution in [2.24, 2.45) is 0 Å². The summed E-state index contributed by atoms with van der Waals surface area (Å²) in [7, 11) is 0. The van der Waals surface area contributed by atoms with Gasteiger partial charge in [-0.1, -0.05) is 0 Å². The molecule has 0 spiro atoms. The van der Waals surface area contributed by atoms with Gasteiger partial charge in [0.25, 0.3) is 0 Å². The van der Waals surface area contributed by atoms with Gasteiger partial charge in [0, 0.05) is 24.5 Å². The van der Waals surface area contributed by atoms with E-state index in [-0.39, 0.29) is 6.03 Å². The molecule has 1 aliphatic heterocycles. The quantitative estimate of drug-likeness (QED) is 0.798. The number of rotatable bonds is 3. The van der Waals surface area contributed by atoms with Crippen LogP contribution in [0.2, 0.25) is 0 Å². The lowest BCUT2D eigenvalue weighted by atomic mass is 10.2. The molecule has 3 N–H and O–H groups in total. The number of hydrogen-bond donors (Lipinski definition) is 3. The monoisotopic (exact) mass is 302 g/mol. The maximum atomic E-state index is 11.9. The van der Waals surface area contributed by atoms with Crippen molar-refractivity contribution in [3.8, 4) is 0 Å². The number of carbonyl (C=O) groups is 2. The van der Waals surface area contributed by atoms with Crippen molar-refractivity contribution in [3.63, 3.8) is 0 Å². The van der Waals surface area contributed by atoms with Crippen LogP contribution in [0.15, 0.2) is 24.3 Å². The first kappa shape index (κ1) is 14.9. The predicted molar refractivity (Wildman–Crippen MR) is 70.3 cm³/mol. The summed E-state index contributed by atoms with van der Waals surface area (Å²) in [4.78, 5) is 24.2. The molecule has 1 saturated heterocycles. The Labute approximate surface area is 118 Å². The van der Waals surface area contributed by atoms with E-state index >= 15 is 0 Å². The number of amides is 4. The Morgan fingerprint density at radius 3 is 2.48 bits per heavy atom. The molecule has 0 aromatic heterocycles. The first-order valence-electron chi connectivity index (χ1n) is 6.12. The van der Waals surface area contributed by atoms with Gasteiger partial charge in [0.1, 0.15) is 6.54 Å². The van der Waals surface area contributed by atoms with Crippen LogP contribution in [-0.4, -0.2) is 37.9 Å². The van der Waals surface area contributed by atoms with Gasteiger partial charge in [0.05, 0.1) is 0 Å². The highest BCUT2D eigenvalue weighted by Gasteiger charge is 2.27. The average molecular weight is 302 g/mol. The average Bonchev–Trinajstić information content (AvgIpc) is 2.83. The first-order chi connectivity index (χ1) is 9.85. The van der Waals surface area contributed by atoms with Crippen molar-refractivity contribution in [1.82, 2.24) is 10.6 Å². The van der Waals surface area contributed by atoms with Gasteiger partial charge in [-0.2, -0.15) is 13.2 Å². The summed E-state index contributed by atoms with van der Waals surface area (Å²) < 4.78 is 35.8. The summed E-state index contributed by atoms with van der Waals surface area (Å²) in [5, 5.41) is 6.62. The van der Waals surface area contributed by atoms with Crippen LogP contribution in [-0.2, 0) is 0 Å². The fourth-order valence-electron chi connectivity index (χ4n) is 1.80. The van der Waals surface area contributed by atoms with Gasteiger partial charge < -0.3 is 16.0 Å². The van der Waals surface area contributed by atoms with Crippen LogP contribution in [0.3, 0.4) is 0 Å². The van der Waals surface area contributed by atoms with Crippen LogP contribution in [0, 0.1) is 0 Å². The molecule has 0 saturated carbocycles. The van der Waals surface area contributed by atoms with E-state index in [1.807, 2.05) is 0 Å². The van der Waals surface area contributed by atoms with Gasteiger partial charge in [0.15, 0.2) is 0 Å². The minimum Gasteiger partial charge on any atom is -0.336 e. The SMILES string of the molecule is O=C(NCC(F)(F)F)Nc1ccc(N2CCNC2=O)cc1. The molecule has 0 aliphatic carbocycles. The van der Waals surface area contributed by atoms with E-state index in [1.165, 1.54) is 17.0 Å². The van der Waals surface area contributed by atoms with E-state index in [0.29, 0.717) is 24.5 Å². The molecule has 0 radical (unpaired) electrons. The molecule has 0 unspecified atom stereocenters. The zero-order chi connectivity index (χ0) is 15.5. The van der Waals surface area contributed by atoms with E-state index in [0.717, 1.165) is 0 Å². The molecule has 1 aromatic rings. The Balaban J connectivity index is 1.90. The molecule has 114 valence electrons. The standard InChI is InChI=1S/C12H13F3N4O2/c13-12(14,15)7-17-10(20)18-8-1-3-9(4-2-8)19-6-5-16-11(19)21/h1-4H,5-7H2,(H,16,21)(H2,17,18,20). The van der Waals surface area contributed by atoms with E-state index in [4.69, 9.17) is 0 Å². The molecule has 2 rings (SSSR count). The van der Waals surface area contributed by atoms with Gasteiger partial charge in [-0.25, -0.2) is 9.59 Å². The number of nitrogens with one attached hydrogen (secondary N) is 3. The number of benzene rings is 1. The smallest absolute Gasteiger partial charge is 0.336 e. The molecule has 4 amide bonds. The molecular weight excluding hydrogens is 289 g/mol. The number of anilines is 2. The van der Waals surface area contributed by atoms with Crippen molar-refractivity contribution in [3.05, 3.63) is 24.3 Å². The third-order valence-corrected chi connectivity index (χ3v) is 2.74. The van der Waals surface area contributed by atoms with Crippen LogP contribution < -0.4 is 20.9 Å². The highest BCUT2D eigenvalue weighted by atomic mass is 19.4. The fourth-order valence-corrected chi connectivity index (χ4v) is 1.80. The first-order valence-corrected chi connectivity index (χ1v) is 6.12. The maximum absolute atomic E-state index is 11.9. The van der Waals surface area contributed by atoms with Crippen LogP contribution in [0.25, 0.3) is 0 Å². The molecule has 1 fully saturated rings. The van der Waals surface area contributed by atoms with E-state index in [1.54, 1.807) is 17.4 Å². The van der Waals surface area contributed by atoms with Crippen molar-refractivity contribution < 1.29 is 22.8 Å². The lowest BCUT2D eigenvalue weighted by Gasteiger charge is -2.15. The molecule has 21 heavy (non-hydrogen) atoms. The molecule has 9 heteroatoms. The van der Waals surface area contributed by atoms with Gasteiger partial charge in [-0.3, -0.25) is 4.90 Å². The zero-order valence-corrected chi connectivity index (χ0v) is 10.8. The third-order valence-electron chi connectivity index (χ3n) is 2.74. The van der Waals surface area contributed by atoms with Gasteiger partial charge in [-0.15, -0.1) is 0 Å².